The highest BCUT2D eigenvalue weighted by Crippen LogP contribution is 2.06. The summed E-state index contributed by atoms with van der Waals surface area (Å²) in [6.07, 6.45) is 1.29. The van der Waals surface area contributed by atoms with E-state index in [2.05, 4.69) is 5.32 Å². The number of rotatable bonds is 2. The van der Waals surface area contributed by atoms with Crippen molar-refractivity contribution in [3.63, 3.8) is 0 Å². The number of nitrogens with one attached hydrogen (secondary N) is 1. The van der Waals surface area contributed by atoms with Crippen molar-refractivity contribution in [2.45, 2.75) is 33.3 Å². The summed E-state index contributed by atoms with van der Waals surface area (Å²) in [6.45, 7) is 7.57. The second-order valence-electron chi connectivity index (χ2n) is 3.72. The third kappa shape index (κ3) is 7.18. The van der Waals surface area contributed by atoms with Gasteiger partial charge in [-0.05, 0) is 27.7 Å². The van der Waals surface area contributed by atoms with Crippen LogP contribution in [-0.4, -0.2) is 18.2 Å². The molecule has 0 aliphatic heterocycles. The molecule has 0 spiro atoms. The standard InChI is InChI=1S/C9H18N2O2/c1-5-7(10)6-11-8(12)13-9(2,3)4/h5H,6,10H2,1-4H3,(H,11,12)/b7-5+. The number of hydrogen-bond acceptors (Lipinski definition) is 3. The van der Waals surface area contributed by atoms with E-state index < -0.39 is 11.7 Å². The van der Waals surface area contributed by atoms with Gasteiger partial charge in [-0.3, -0.25) is 0 Å². The maximum atomic E-state index is 11.1. The molecule has 3 N–H and O–H groups in total. The van der Waals surface area contributed by atoms with Crippen molar-refractivity contribution in [2.24, 2.45) is 5.73 Å². The Hall–Kier alpha value is -1.19. The molecule has 0 unspecified atom stereocenters. The predicted molar refractivity (Wildman–Crippen MR) is 52.2 cm³/mol. The molecule has 0 radical (unpaired) electrons. The number of ether oxygens (including phenoxy) is 1. The van der Waals surface area contributed by atoms with Crippen LogP contribution in [0.15, 0.2) is 11.8 Å². The summed E-state index contributed by atoms with van der Waals surface area (Å²) in [5.41, 5.74) is 5.63. The number of allylic oxidation sites excluding steroid dienone is 1. The van der Waals surface area contributed by atoms with Crippen LogP contribution in [0.2, 0.25) is 0 Å². The average molecular weight is 186 g/mol. The number of hydrogen-bond donors (Lipinski definition) is 2. The van der Waals surface area contributed by atoms with E-state index in [1.54, 1.807) is 6.08 Å². The van der Waals surface area contributed by atoms with Crippen molar-refractivity contribution in [1.29, 1.82) is 0 Å². The summed E-state index contributed by atoms with van der Waals surface area (Å²) in [4.78, 5) is 11.1. The fourth-order valence-corrected chi connectivity index (χ4v) is 0.590. The Morgan fingerprint density at radius 3 is 2.46 bits per heavy atom. The molecule has 0 aromatic heterocycles. The fourth-order valence-electron chi connectivity index (χ4n) is 0.590. The molecule has 76 valence electrons. The van der Waals surface area contributed by atoms with E-state index in [1.807, 2.05) is 27.7 Å². The van der Waals surface area contributed by atoms with Crippen molar-refractivity contribution in [2.75, 3.05) is 6.54 Å². The molecule has 13 heavy (non-hydrogen) atoms. The van der Waals surface area contributed by atoms with Crippen LogP contribution < -0.4 is 11.1 Å². The van der Waals surface area contributed by atoms with Gasteiger partial charge in [-0.1, -0.05) is 6.08 Å². The first-order valence-electron chi connectivity index (χ1n) is 4.22. The second-order valence-corrected chi connectivity index (χ2v) is 3.72. The van der Waals surface area contributed by atoms with Crippen LogP contribution in [0.5, 0.6) is 0 Å². The van der Waals surface area contributed by atoms with Crippen LogP contribution in [0.1, 0.15) is 27.7 Å². The second kappa shape index (κ2) is 4.74. The molecule has 0 rings (SSSR count). The quantitative estimate of drug-likeness (QED) is 0.684. The van der Waals surface area contributed by atoms with Gasteiger partial charge in [0.25, 0.3) is 0 Å². The highest BCUT2D eigenvalue weighted by Gasteiger charge is 2.15. The summed E-state index contributed by atoms with van der Waals surface area (Å²) < 4.78 is 5.00. The van der Waals surface area contributed by atoms with Crippen LogP contribution in [-0.2, 0) is 4.74 Å². The summed E-state index contributed by atoms with van der Waals surface area (Å²) in [6, 6.07) is 0. The van der Waals surface area contributed by atoms with Crippen LogP contribution >= 0.6 is 0 Å². The number of nitrogens with two attached hydrogens (primary N) is 1. The Kier molecular flexibility index (Phi) is 4.31. The van der Waals surface area contributed by atoms with E-state index in [4.69, 9.17) is 10.5 Å². The van der Waals surface area contributed by atoms with Gasteiger partial charge in [-0.25, -0.2) is 4.79 Å². The van der Waals surface area contributed by atoms with Gasteiger partial charge in [0.15, 0.2) is 0 Å². The Balaban J connectivity index is 3.77. The molecule has 1 amide bonds. The van der Waals surface area contributed by atoms with E-state index in [1.165, 1.54) is 0 Å². The smallest absolute Gasteiger partial charge is 0.407 e. The van der Waals surface area contributed by atoms with Gasteiger partial charge in [0.2, 0.25) is 0 Å². The van der Waals surface area contributed by atoms with Crippen molar-refractivity contribution < 1.29 is 9.53 Å². The topological polar surface area (TPSA) is 64.3 Å². The summed E-state index contributed by atoms with van der Waals surface area (Å²) in [5, 5.41) is 2.54. The summed E-state index contributed by atoms with van der Waals surface area (Å²) >= 11 is 0. The Morgan fingerprint density at radius 2 is 2.08 bits per heavy atom. The lowest BCUT2D eigenvalue weighted by Crippen LogP contribution is -2.34. The first-order valence-corrected chi connectivity index (χ1v) is 4.22. The Bertz CT molecular complexity index is 204. The van der Waals surface area contributed by atoms with Crippen LogP contribution in [0.3, 0.4) is 0 Å². The van der Waals surface area contributed by atoms with Gasteiger partial charge in [0, 0.05) is 5.70 Å². The minimum absolute atomic E-state index is 0.325. The Morgan fingerprint density at radius 1 is 1.54 bits per heavy atom. The highest BCUT2D eigenvalue weighted by molar-refractivity contribution is 5.67. The van der Waals surface area contributed by atoms with E-state index in [-0.39, 0.29) is 0 Å². The van der Waals surface area contributed by atoms with Gasteiger partial charge in [0.05, 0.1) is 6.54 Å². The third-order valence-corrected chi connectivity index (χ3v) is 1.21. The lowest BCUT2D eigenvalue weighted by molar-refractivity contribution is 0.0532. The van der Waals surface area contributed by atoms with Crippen molar-refractivity contribution in [3.8, 4) is 0 Å². The first kappa shape index (κ1) is 11.8. The van der Waals surface area contributed by atoms with Gasteiger partial charge < -0.3 is 15.8 Å². The molecule has 0 saturated heterocycles. The van der Waals surface area contributed by atoms with E-state index >= 15 is 0 Å². The summed E-state index contributed by atoms with van der Waals surface area (Å²) in [7, 11) is 0. The molecule has 0 aromatic rings. The van der Waals surface area contributed by atoms with E-state index in [9.17, 15) is 4.79 Å². The molecule has 0 heterocycles. The number of carbonyl (C=O) groups is 1. The van der Waals surface area contributed by atoms with Crippen molar-refractivity contribution in [1.82, 2.24) is 5.32 Å². The zero-order valence-corrected chi connectivity index (χ0v) is 8.68. The van der Waals surface area contributed by atoms with Gasteiger partial charge in [-0.2, -0.15) is 0 Å². The molecule has 4 nitrogen and oxygen atoms in total. The average Bonchev–Trinajstić information content (AvgIpc) is 1.97. The largest absolute Gasteiger partial charge is 0.444 e. The molecule has 0 bridgehead atoms. The number of amides is 1. The predicted octanol–water partition coefficient (Wildman–Crippen LogP) is 1.37. The maximum absolute atomic E-state index is 11.1. The van der Waals surface area contributed by atoms with Crippen LogP contribution in [0.4, 0.5) is 4.79 Å². The molecule has 0 aliphatic rings. The lowest BCUT2D eigenvalue weighted by Gasteiger charge is -2.19. The zero-order valence-electron chi connectivity index (χ0n) is 8.68. The van der Waals surface area contributed by atoms with Crippen molar-refractivity contribution in [3.05, 3.63) is 11.8 Å². The minimum Gasteiger partial charge on any atom is -0.444 e. The third-order valence-electron chi connectivity index (χ3n) is 1.21. The highest BCUT2D eigenvalue weighted by atomic mass is 16.6. The molecule has 0 atom stereocenters. The van der Waals surface area contributed by atoms with Crippen LogP contribution in [0, 0.1) is 0 Å². The zero-order chi connectivity index (χ0) is 10.5. The SMILES string of the molecule is C/C=C(/N)CNC(=O)OC(C)(C)C. The van der Waals surface area contributed by atoms with Gasteiger partial charge >= 0.3 is 6.09 Å². The first-order chi connectivity index (χ1) is 5.85. The molecule has 0 aromatic carbocycles. The molecule has 0 saturated carbocycles. The molecule has 4 heteroatoms. The van der Waals surface area contributed by atoms with E-state index in [0.29, 0.717) is 12.2 Å². The summed E-state index contributed by atoms with van der Waals surface area (Å²) in [5.74, 6) is 0. The van der Waals surface area contributed by atoms with E-state index in [0.717, 1.165) is 0 Å². The van der Waals surface area contributed by atoms with Gasteiger partial charge in [-0.15, -0.1) is 0 Å². The van der Waals surface area contributed by atoms with Crippen molar-refractivity contribution >= 4 is 6.09 Å². The lowest BCUT2D eigenvalue weighted by atomic mass is 10.2. The number of alkyl carbamates (subject to hydrolysis) is 1. The maximum Gasteiger partial charge on any atom is 0.407 e. The molecular weight excluding hydrogens is 168 g/mol. The molecule has 0 aliphatic carbocycles. The molecular formula is C9H18N2O2. The Labute approximate surface area is 79.1 Å². The normalized spacial score (nSPS) is 12.5. The van der Waals surface area contributed by atoms with Gasteiger partial charge in [0.1, 0.15) is 5.60 Å². The minimum atomic E-state index is -0.464. The van der Waals surface area contributed by atoms with Crippen LogP contribution in [0.25, 0.3) is 0 Å². The monoisotopic (exact) mass is 186 g/mol. The number of carbonyl (C=O) groups excluding carboxylic acids is 1. The molecule has 0 fully saturated rings. The fraction of sp³-hybridized carbons (Fsp3) is 0.667.